The molecular formula is FO3PSi. The predicted molar refractivity (Wildman–Crippen MR) is 13.8 cm³/mol. The third-order valence-corrected chi connectivity index (χ3v) is 0. The molecule has 34 valence electrons. The summed E-state index contributed by atoms with van der Waals surface area (Å²) in [6, 6.07) is 0. The fourth-order valence-electron chi connectivity index (χ4n) is 0. The summed E-state index contributed by atoms with van der Waals surface area (Å²) in [6.45, 7) is 0. The van der Waals surface area contributed by atoms with E-state index in [4.69, 9.17) is 14.4 Å². The molecule has 2 radical (unpaired) electrons. The Hall–Kier alpha value is 0.457. The van der Waals surface area contributed by atoms with Crippen LogP contribution in [0.4, 0.5) is 4.11 Å². The van der Waals surface area contributed by atoms with E-state index in [2.05, 4.69) is 0 Å². The van der Waals surface area contributed by atoms with Crippen molar-refractivity contribution >= 4 is 19.0 Å². The van der Waals surface area contributed by atoms with Crippen LogP contribution in [0.3, 0.4) is 0 Å². The molecule has 0 aliphatic heterocycles. The Labute approximate surface area is 38.6 Å². The van der Waals surface area contributed by atoms with Gasteiger partial charge in [0.2, 0.25) is 0 Å². The van der Waals surface area contributed by atoms with E-state index < -0.39 is 9.14 Å². The van der Waals surface area contributed by atoms with E-state index in [-0.39, 0.29) is 9.90 Å². The van der Waals surface area contributed by atoms with Gasteiger partial charge in [0.15, 0.2) is 0 Å². The summed E-state index contributed by atoms with van der Waals surface area (Å²) < 4.78 is 10.2. The first-order chi connectivity index (χ1) is 2.00. The standard InChI is InChI=1S/FO3Si.P/c1-5(2,3)4;/q-3;+3. The number of halogens is 1. The second kappa shape index (κ2) is 2.60. The molecule has 0 aliphatic carbocycles. The molecule has 0 atom stereocenters. The largest absolute Gasteiger partial charge is 3.00 e. The topological polar surface area (TPSA) is 69.2 Å². The van der Waals surface area contributed by atoms with Crippen molar-refractivity contribution in [2.45, 2.75) is 0 Å². The smallest absolute Gasteiger partial charge is 0.857 e. The van der Waals surface area contributed by atoms with Crippen molar-refractivity contribution in [2.75, 3.05) is 0 Å². The van der Waals surface area contributed by atoms with Crippen LogP contribution in [0, 0.1) is 0 Å². The van der Waals surface area contributed by atoms with Gasteiger partial charge in [0.05, 0.1) is 0 Å². The SMILES string of the molecule is [O-][Si]([O-])([O-])F.[P+3]. The average Bonchev–Trinajstić information content (AvgIpc) is 0.722. The van der Waals surface area contributed by atoms with Crippen molar-refractivity contribution in [1.29, 1.82) is 0 Å². The third-order valence-electron chi connectivity index (χ3n) is 0. The van der Waals surface area contributed by atoms with E-state index in [9.17, 15) is 4.11 Å². The van der Waals surface area contributed by atoms with Gasteiger partial charge >= 0.3 is 9.90 Å². The summed E-state index contributed by atoms with van der Waals surface area (Å²) >= 11 is 0. The van der Waals surface area contributed by atoms with Gasteiger partial charge < -0.3 is 18.5 Å². The Balaban J connectivity index is 0. The van der Waals surface area contributed by atoms with Gasteiger partial charge in [-0.3, -0.25) is 0 Å². The zero-order chi connectivity index (χ0) is 4.50. The van der Waals surface area contributed by atoms with Crippen LogP contribution in [0.15, 0.2) is 0 Å². The third kappa shape index (κ3) is 255. The van der Waals surface area contributed by atoms with Gasteiger partial charge in [0.25, 0.3) is 0 Å². The van der Waals surface area contributed by atoms with Crippen molar-refractivity contribution in [3.05, 3.63) is 0 Å². The number of hydrogen-bond donors (Lipinski definition) is 0. The molecule has 6 heteroatoms. The van der Waals surface area contributed by atoms with E-state index in [1.54, 1.807) is 0 Å². The molecule has 0 saturated heterocycles. The van der Waals surface area contributed by atoms with Gasteiger partial charge in [-0.25, -0.2) is 0 Å². The first-order valence-electron chi connectivity index (χ1n) is 0.801. The quantitative estimate of drug-likeness (QED) is 0.202. The second-order valence-electron chi connectivity index (χ2n) is 0.481. The Morgan fingerprint density at radius 2 is 1.17 bits per heavy atom. The van der Waals surface area contributed by atoms with Gasteiger partial charge in [-0.15, -0.1) is 0 Å². The average molecular weight is 126 g/mol. The zero-order valence-corrected chi connectivity index (χ0v) is 4.44. The Morgan fingerprint density at radius 3 is 1.17 bits per heavy atom. The molecule has 0 heterocycles. The summed E-state index contributed by atoms with van der Waals surface area (Å²) in [5.74, 6) is 0. The van der Waals surface area contributed by atoms with E-state index in [1.807, 2.05) is 0 Å². The van der Waals surface area contributed by atoms with Gasteiger partial charge in [-0.05, 0) is 0 Å². The molecule has 3 nitrogen and oxygen atoms in total. The molecule has 0 spiro atoms. The van der Waals surface area contributed by atoms with Gasteiger partial charge in [0, 0.05) is 0 Å². The first kappa shape index (κ1) is 9.68. The summed E-state index contributed by atoms with van der Waals surface area (Å²) in [4.78, 5) is 25.4. The molecule has 0 N–H and O–H groups in total. The van der Waals surface area contributed by atoms with E-state index in [0.29, 0.717) is 0 Å². The van der Waals surface area contributed by atoms with E-state index in [0.717, 1.165) is 0 Å². The minimum absolute atomic E-state index is 0. The maximum Gasteiger partial charge on any atom is 3.00 e. The van der Waals surface area contributed by atoms with Gasteiger partial charge in [0.1, 0.15) is 0 Å². The zero-order valence-electron chi connectivity index (χ0n) is 2.55. The molecule has 0 rings (SSSR count). The number of hydrogen-bond acceptors (Lipinski definition) is 3. The van der Waals surface area contributed by atoms with Crippen LogP contribution in [0.2, 0.25) is 0 Å². The van der Waals surface area contributed by atoms with E-state index in [1.165, 1.54) is 0 Å². The fraction of sp³-hybridized carbons (Fsp3) is 0. The minimum Gasteiger partial charge on any atom is -0.857 e. The molecule has 0 fully saturated rings. The molecule has 0 aromatic rings. The van der Waals surface area contributed by atoms with Crippen molar-refractivity contribution in [3.63, 3.8) is 0 Å². The molecule has 0 aromatic heterocycles. The van der Waals surface area contributed by atoms with Gasteiger partial charge in [-0.1, -0.05) is 9.14 Å². The summed E-state index contributed by atoms with van der Waals surface area (Å²) in [7, 11) is -5.86. The van der Waals surface area contributed by atoms with Crippen molar-refractivity contribution in [2.24, 2.45) is 0 Å². The normalized spacial score (nSPS) is 10.0. The van der Waals surface area contributed by atoms with Crippen LogP contribution < -0.4 is 14.4 Å². The van der Waals surface area contributed by atoms with Crippen LogP contribution in [-0.2, 0) is 0 Å². The molecule has 0 aromatic carbocycles. The maximum atomic E-state index is 10.2. The van der Waals surface area contributed by atoms with Crippen LogP contribution in [0.1, 0.15) is 0 Å². The molecule has 6 heavy (non-hydrogen) atoms. The van der Waals surface area contributed by atoms with Crippen molar-refractivity contribution in [3.8, 4) is 0 Å². The summed E-state index contributed by atoms with van der Waals surface area (Å²) in [6.07, 6.45) is 0. The van der Waals surface area contributed by atoms with Crippen LogP contribution >= 0.6 is 9.90 Å². The van der Waals surface area contributed by atoms with E-state index >= 15 is 0 Å². The first-order valence-corrected chi connectivity index (χ1v) is 2.40. The van der Waals surface area contributed by atoms with Gasteiger partial charge in [-0.2, -0.15) is 0 Å². The molecule has 0 saturated carbocycles. The monoisotopic (exact) mass is 126 g/mol. The molecule has 0 amide bonds. The predicted octanol–water partition coefficient (Wildman–Crippen LogP) is -2.67. The second-order valence-corrected chi connectivity index (χ2v) is 1.44. The molecule has 0 aliphatic rings. The Bertz CT molecular complexity index is 26.3. The minimum atomic E-state index is -5.86. The Kier molecular flexibility index (Phi) is 4.19. The molecule has 0 bridgehead atoms. The van der Waals surface area contributed by atoms with Crippen LogP contribution in [-0.4, -0.2) is 9.14 Å². The molecular weight excluding hydrogens is 126 g/mol. The van der Waals surface area contributed by atoms with Crippen molar-refractivity contribution in [1.82, 2.24) is 0 Å². The molecule has 0 unspecified atom stereocenters. The maximum absolute atomic E-state index is 10.2. The summed E-state index contributed by atoms with van der Waals surface area (Å²) in [5, 5.41) is 0. The number of rotatable bonds is 0. The van der Waals surface area contributed by atoms with Crippen LogP contribution in [0.25, 0.3) is 0 Å². The Morgan fingerprint density at radius 1 is 1.17 bits per heavy atom. The van der Waals surface area contributed by atoms with Crippen LogP contribution in [0.5, 0.6) is 0 Å². The van der Waals surface area contributed by atoms with Crippen molar-refractivity contribution < 1.29 is 18.5 Å². The fourth-order valence-corrected chi connectivity index (χ4v) is 0. The summed E-state index contributed by atoms with van der Waals surface area (Å²) in [5.41, 5.74) is 0.